The Bertz CT molecular complexity index is 565. The Kier molecular flexibility index (Phi) is 4.50. The number of halogens is 1. The quantitative estimate of drug-likeness (QED) is 0.902. The van der Waals surface area contributed by atoms with Crippen molar-refractivity contribution in [3.8, 4) is 5.75 Å². The second-order valence-electron chi connectivity index (χ2n) is 4.80. The molecule has 4 heteroatoms. The molecular weight excluding hydrogens is 278 g/mol. The van der Waals surface area contributed by atoms with Gasteiger partial charge in [0.25, 0.3) is 0 Å². The van der Waals surface area contributed by atoms with Crippen molar-refractivity contribution < 1.29 is 4.74 Å². The van der Waals surface area contributed by atoms with E-state index in [0.717, 1.165) is 10.4 Å². The van der Waals surface area contributed by atoms with Gasteiger partial charge in [-0.15, -0.1) is 11.3 Å². The Morgan fingerprint density at radius 3 is 2.58 bits per heavy atom. The molecule has 2 unspecified atom stereocenters. The molecule has 0 aliphatic rings. The van der Waals surface area contributed by atoms with Crippen molar-refractivity contribution >= 4 is 22.9 Å². The molecule has 2 N–H and O–H groups in total. The summed E-state index contributed by atoms with van der Waals surface area (Å²) in [7, 11) is 0. The van der Waals surface area contributed by atoms with Gasteiger partial charge in [0.2, 0.25) is 0 Å². The number of thiophene rings is 1. The molecule has 2 atom stereocenters. The van der Waals surface area contributed by atoms with Gasteiger partial charge >= 0.3 is 0 Å². The van der Waals surface area contributed by atoms with Crippen LogP contribution in [0.3, 0.4) is 0 Å². The molecule has 0 bridgehead atoms. The number of hydrogen-bond donors (Lipinski definition) is 1. The van der Waals surface area contributed by atoms with Gasteiger partial charge in [0.15, 0.2) is 0 Å². The maximum atomic E-state index is 6.18. The van der Waals surface area contributed by atoms with Crippen molar-refractivity contribution in [3.63, 3.8) is 0 Å². The first kappa shape index (κ1) is 14.4. The zero-order chi connectivity index (χ0) is 14.0. The zero-order valence-electron chi connectivity index (χ0n) is 11.3. The van der Waals surface area contributed by atoms with E-state index in [9.17, 15) is 0 Å². The van der Waals surface area contributed by atoms with Gasteiger partial charge in [-0.1, -0.05) is 17.7 Å². The van der Waals surface area contributed by atoms with E-state index in [4.69, 9.17) is 22.1 Å². The van der Waals surface area contributed by atoms with Crippen LogP contribution in [0.4, 0.5) is 0 Å². The molecule has 0 saturated heterocycles. The van der Waals surface area contributed by atoms with Crippen molar-refractivity contribution in [2.24, 2.45) is 5.73 Å². The molecule has 0 amide bonds. The standard InChI is InChI=1S/C15H18ClNOS/c1-9-4-5-12(16)13(8-9)18-14(11(3)17)15-10(2)6-7-19-15/h4-8,11,14H,17H2,1-3H3. The number of hydrogen-bond acceptors (Lipinski definition) is 3. The van der Waals surface area contributed by atoms with E-state index in [0.29, 0.717) is 10.8 Å². The van der Waals surface area contributed by atoms with Crippen LogP contribution in [0.5, 0.6) is 5.75 Å². The van der Waals surface area contributed by atoms with E-state index >= 15 is 0 Å². The van der Waals surface area contributed by atoms with E-state index in [1.165, 1.54) is 5.56 Å². The van der Waals surface area contributed by atoms with Crippen LogP contribution in [-0.2, 0) is 0 Å². The highest BCUT2D eigenvalue weighted by molar-refractivity contribution is 7.10. The van der Waals surface area contributed by atoms with Crippen LogP contribution in [0.2, 0.25) is 5.02 Å². The topological polar surface area (TPSA) is 35.2 Å². The van der Waals surface area contributed by atoms with Crippen molar-refractivity contribution in [2.75, 3.05) is 0 Å². The first-order valence-corrected chi connectivity index (χ1v) is 7.47. The molecular formula is C15H18ClNOS. The molecule has 2 rings (SSSR count). The Balaban J connectivity index is 2.32. The lowest BCUT2D eigenvalue weighted by Crippen LogP contribution is -2.29. The molecule has 1 aromatic heterocycles. The Morgan fingerprint density at radius 2 is 2.00 bits per heavy atom. The predicted molar refractivity (Wildman–Crippen MR) is 82.3 cm³/mol. The van der Waals surface area contributed by atoms with E-state index < -0.39 is 0 Å². The fourth-order valence-electron chi connectivity index (χ4n) is 1.91. The fraction of sp³-hybridized carbons (Fsp3) is 0.333. The predicted octanol–water partition coefficient (Wildman–Crippen LogP) is 4.49. The minimum atomic E-state index is -0.167. The lowest BCUT2D eigenvalue weighted by atomic mass is 10.1. The summed E-state index contributed by atoms with van der Waals surface area (Å²) < 4.78 is 6.07. The SMILES string of the molecule is Cc1ccc(Cl)c(OC(c2sccc2C)C(C)N)c1. The van der Waals surface area contributed by atoms with Gasteiger partial charge in [-0.05, 0) is 55.5 Å². The van der Waals surface area contributed by atoms with Gasteiger partial charge in [-0.2, -0.15) is 0 Å². The molecule has 102 valence electrons. The number of nitrogens with two attached hydrogens (primary N) is 1. The zero-order valence-corrected chi connectivity index (χ0v) is 12.9. The fourth-order valence-corrected chi connectivity index (χ4v) is 3.14. The van der Waals surface area contributed by atoms with Gasteiger partial charge in [0.05, 0.1) is 5.02 Å². The molecule has 0 saturated carbocycles. The maximum absolute atomic E-state index is 6.18. The highest BCUT2D eigenvalue weighted by Crippen LogP contribution is 2.34. The first-order chi connectivity index (χ1) is 8.99. The van der Waals surface area contributed by atoms with Gasteiger partial charge < -0.3 is 10.5 Å². The minimum Gasteiger partial charge on any atom is -0.482 e. The van der Waals surface area contributed by atoms with Crippen LogP contribution in [0.15, 0.2) is 29.6 Å². The van der Waals surface area contributed by atoms with E-state index in [1.807, 2.05) is 32.0 Å². The summed E-state index contributed by atoms with van der Waals surface area (Å²) in [5.41, 5.74) is 8.39. The van der Waals surface area contributed by atoms with Crippen LogP contribution in [-0.4, -0.2) is 6.04 Å². The third-order valence-electron chi connectivity index (χ3n) is 2.98. The summed E-state index contributed by atoms with van der Waals surface area (Å²) >= 11 is 7.85. The van der Waals surface area contributed by atoms with E-state index in [-0.39, 0.29) is 12.1 Å². The summed E-state index contributed by atoms with van der Waals surface area (Å²) in [6.07, 6.45) is -0.167. The van der Waals surface area contributed by atoms with Crippen LogP contribution in [0.25, 0.3) is 0 Å². The summed E-state index contributed by atoms with van der Waals surface area (Å²) in [5, 5.41) is 2.67. The molecule has 0 fully saturated rings. The molecule has 0 aliphatic carbocycles. The molecule has 2 nitrogen and oxygen atoms in total. The second-order valence-corrected chi connectivity index (χ2v) is 6.15. The van der Waals surface area contributed by atoms with Gasteiger partial charge in [0, 0.05) is 10.9 Å². The number of ether oxygens (including phenoxy) is 1. The van der Waals surface area contributed by atoms with Crippen LogP contribution < -0.4 is 10.5 Å². The molecule has 1 aromatic carbocycles. The summed E-state index contributed by atoms with van der Waals surface area (Å²) in [4.78, 5) is 1.16. The second kappa shape index (κ2) is 5.95. The van der Waals surface area contributed by atoms with Crippen molar-refractivity contribution in [3.05, 3.63) is 50.7 Å². The summed E-state index contributed by atoms with van der Waals surface area (Å²) in [5.74, 6) is 0.691. The highest BCUT2D eigenvalue weighted by Gasteiger charge is 2.22. The summed E-state index contributed by atoms with van der Waals surface area (Å²) in [6.45, 7) is 6.04. The van der Waals surface area contributed by atoms with Crippen molar-refractivity contribution in [1.82, 2.24) is 0 Å². The van der Waals surface area contributed by atoms with Crippen LogP contribution in [0.1, 0.15) is 29.0 Å². The Hall–Kier alpha value is -1.03. The molecule has 19 heavy (non-hydrogen) atoms. The van der Waals surface area contributed by atoms with Crippen molar-refractivity contribution in [2.45, 2.75) is 32.9 Å². The largest absolute Gasteiger partial charge is 0.482 e. The molecule has 0 aliphatic heterocycles. The number of benzene rings is 1. The Morgan fingerprint density at radius 1 is 1.26 bits per heavy atom. The monoisotopic (exact) mass is 295 g/mol. The van der Waals surface area contributed by atoms with E-state index in [2.05, 4.69) is 18.4 Å². The lowest BCUT2D eigenvalue weighted by Gasteiger charge is -2.23. The Labute approximate surface area is 123 Å². The first-order valence-electron chi connectivity index (χ1n) is 6.21. The summed E-state index contributed by atoms with van der Waals surface area (Å²) in [6, 6.07) is 7.74. The van der Waals surface area contributed by atoms with Gasteiger partial charge in [-0.3, -0.25) is 0 Å². The minimum absolute atomic E-state index is 0.103. The molecule has 2 aromatic rings. The maximum Gasteiger partial charge on any atom is 0.148 e. The van der Waals surface area contributed by atoms with Crippen LogP contribution in [0, 0.1) is 13.8 Å². The third kappa shape index (κ3) is 3.30. The van der Waals surface area contributed by atoms with Crippen LogP contribution >= 0.6 is 22.9 Å². The smallest absolute Gasteiger partial charge is 0.148 e. The van der Waals surface area contributed by atoms with Gasteiger partial charge in [-0.25, -0.2) is 0 Å². The number of rotatable bonds is 4. The highest BCUT2D eigenvalue weighted by atomic mass is 35.5. The van der Waals surface area contributed by atoms with Gasteiger partial charge in [0.1, 0.15) is 11.9 Å². The average Bonchev–Trinajstić information content (AvgIpc) is 2.76. The molecule has 0 radical (unpaired) electrons. The van der Waals surface area contributed by atoms with E-state index in [1.54, 1.807) is 11.3 Å². The average molecular weight is 296 g/mol. The normalized spacial score (nSPS) is 14.2. The molecule has 1 heterocycles. The van der Waals surface area contributed by atoms with Crippen molar-refractivity contribution in [1.29, 1.82) is 0 Å². The third-order valence-corrected chi connectivity index (χ3v) is 4.37. The number of aryl methyl sites for hydroxylation is 2. The molecule has 0 spiro atoms. The lowest BCUT2D eigenvalue weighted by molar-refractivity contribution is 0.183.